The van der Waals surface area contributed by atoms with Crippen molar-refractivity contribution in [3.05, 3.63) is 47.8 Å². The van der Waals surface area contributed by atoms with E-state index in [2.05, 4.69) is 15.3 Å². The molecule has 2 aromatic heterocycles. The van der Waals surface area contributed by atoms with Crippen LogP contribution in [0.2, 0.25) is 0 Å². The fraction of sp³-hybridized carbons (Fsp3) is 0.450. The van der Waals surface area contributed by atoms with Gasteiger partial charge >= 0.3 is 6.18 Å². The average Bonchev–Trinajstić information content (AvgIpc) is 2.70. The van der Waals surface area contributed by atoms with Gasteiger partial charge in [0.15, 0.2) is 0 Å². The molecule has 2 heterocycles. The number of rotatable bonds is 6. The molecule has 1 aliphatic rings. The number of halogens is 3. The fourth-order valence-corrected chi connectivity index (χ4v) is 3.13. The van der Waals surface area contributed by atoms with Gasteiger partial charge in [0.2, 0.25) is 11.8 Å². The highest BCUT2D eigenvalue weighted by Gasteiger charge is 2.31. The van der Waals surface area contributed by atoms with Crippen molar-refractivity contribution in [1.82, 2.24) is 15.3 Å². The summed E-state index contributed by atoms with van der Waals surface area (Å²) >= 11 is 0. The molecule has 0 bridgehead atoms. The molecule has 1 N–H and O–H groups in total. The van der Waals surface area contributed by atoms with E-state index in [9.17, 15) is 18.0 Å². The lowest BCUT2D eigenvalue weighted by Gasteiger charge is -2.29. The lowest BCUT2D eigenvalue weighted by atomic mass is 9.92. The molecule has 6 nitrogen and oxygen atoms in total. The first kappa shape index (κ1) is 20.9. The van der Waals surface area contributed by atoms with E-state index in [-0.39, 0.29) is 23.9 Å². The summed E-state index contributed by atoms with van der Waals surface area (Å²) in [5.41, 5.74) is -0.346. The third kappa shape index (κ3) is 5.82. The predicted molar refractivity (Wildman–Crippen MR) is 98.8 cm³/mol. The third-order valence-electron chi connectivity index (χ3n) is 4.65. The Kier molecular flexibility index (Phi) is 6.56. The molecule has 0 unspecified atom stereocenters. The van der Waals surface area contributed by atoms with Gasteiger partial charge in [-0.15, -0.1) is 0 Å². The zero-order valence-electron chi connectivity index (χ0n) is 15.9. The molecule has 2 aromatic rings. The van der Waals surface area contributed by atoms with Crippen LogP contribution in [0.4, 0.5) is 13.2 Å². The number of amides is 1. The molecule has 3 rings (SSSR count). The number of pyridine rings is 2. The van der Waals surface area contributed by atoms with E-state index in [0.29, 0.717) is 43.7 Å². The smallest absolute Gasteiger partial charge is 0.417 e. The minimum absolute atomic E-state index is 0.00878. The van der Waals surface area contributed by atoms with Crippen LogP contribution in [-0.4, -0.2) is 34.6 Å². The number of nitrogens with one attached hydrogen (secondary N) is 1. The maximum Gasteiger partial charge on any atom is 0.417 e. The molecule has 29 heavy (non-hydrogen) atoms. The van der Waals surface area contributed by atoms with Gasteiger partial charge in [-0.3, -0.25) is 4.79 Å². The van der Waals surface area contributed by atoms with E-state index >= 15 is 0 Å². The van der Waals surface area contributed by atoms with Crippen LogP contribution in [0.15, 0.2) is 36.7 Å². The minimum Gasteiger partial charge on any atom is -0.478 e. The van der Waals surface area contributed by atoms with Gasteiger partial charge in [-0.2, -0.15) is 13.2 Å². The molecule has 0 aromatic carbocycles. The zero-order valence-corrected chi connectivity index (χ0v) is 15.9. The van der Waals surface area contributed by atoms with Gasteiger partial charge in [-0.1, -0.05) is 0 Å². The predicted octanol–water partition coefficient (Wildman–Crippen LogP) is 4.01. The molecule has 0 radical (unpaired) electrons. The van der Waals surface area contributed by atoms with Crippen LogP contribution in [0.1, 0.15) is 48.5 Å². The van der Waals surface area contributed by atoms with Crippen LogP contribution in [-0.2, 0) is 6.18 Å². The van der Waals surface area contributed by atoms with Crippen LogP contribution in [0.25, 0.3) is 0 Å². The Labute approximate surface area is 166 Å². The molecule has 0 atom stereocenters. The van der Waals surface area contributed by atoms with E-state index in [1.807, 2.05) is 6.92 Å². The van der Waals surface area contributed by atoms with Crippen molar-refractivity contribution in [2.24, 2.45) is 0 Å². The number of aromatic nitrogens is 2. The second-order valence-electron chi connectivity index (χ2n) is 6.77. The van der Waals surface area contributed by atoms with Crippen molar-refractivity contribution in [2.75, 3.05) is 6.61 Å². The summed E-state index contributed by atoms with van der Waals surface area (Å²) in [6, 6.07) is 5.52. The number of carbonyl (C=O) groups is 1. The van der Waals surface area contributed by atoms with Crippen LogP contribution >= 0.6 is 0 Å². The van der Waals surface area contributed by atoms with Crippen molar-refractivity contribution in [1.29, 1.82) is 0 Å². The lowest BCUT2D eigenvalue weighted by Crippen LogP contribution is -2.39. The summed E-state index contributed by atoms with van der Waals surface area (Å²) in [6.45, 7) is 2.36. The Hall–Kier alpha value is -2.84. The van der Waals surface area contributed by atoms with Gasteiger partial charge in [-0.25, -0.2) is 9.97 Å². The number of carbonyl (C=O) groups excluding carboxylic acids is 1. The maximum absolute atomic E-state index is 12.6. The van der Waals surface area contributed by atoms with Gasteiger partial charge < -0.3 is 14.8 Å². The van der Waals surface area contributed by atoms with Gasteiger partial charge in [0.25, 0.3) is 5.91 Å². The summed E-state index contributed by atoms with van der Waals surface area (Å²) in [4.78, 5) is 20.2. The summed E-state index contributed by atoms with van der Waals surface area (Å²) < 4.78 is 48.7. The molecular formula is C20H22F3N3O3. The molecule has 1 amide bonds. The first-order chi connectivity index (χ1) is 13.8. The largest absolute Gasteiger partial charge is 0.478 e. The van der Waals surface area contributed by atoms with Gasteiger partial charge in [0.05, 0.1) is 17.7 Å². The van der Waals surface area contributed by atoms with Crippen molar-refractivity contribution in [3.63, 3.8) is 0 Å². The first-order valence-electron chi connectivity index (χ1n) is 9.44. The van der Waals surface area contributed by atoms with Crippen LogP contribution < -0.4 is 14.8 Å². The summed E-state index contributed by atoms with van der Waals surface area (Å²) in [6.07, 6.45) is 0.463. The minimum atomic E-state index is -4.42. The molecule has 0 aliphatic heterocycles. The number of ether oxygens (including phenoxy) is 2. The molecule has 1 fully saturated rings. The molecule has 0 spiro atoms. The summed E-state index contributed by atoms with van der Waals surface area (Å²) in [7, 11) is 0. The average molecular weight is 409 g/mol. The number of hydrogen-bond acceptors (Lipinski definition) is 5. The molecule has 0 saturated heterocycles. The SMILES string of the molecule is CCOc1ccc(C(=O)NC2CCC(Oc3ccc(C(F)(F)F)cn3)CC2)cn1. The van der Waals surface area contributed by atoms with Crippen LogP contribution in [0.5, 0.6) is 11.8 Å². The van der Waals surface area contributed by atoms with Crippen molar-refractivity contribution in [3.8, 4) is 11.8 Å². The molecule has 1 aliphatic carbocycles. The third-order valence-corrected chi connectivity index (χ3v) is 4.65. The van der Waals surface area contributed by atoms with Gasteiger partial charge in [0.1, 0.15) is 6.10 Å². The normalized spacial score (nSPS) is 19.4. The summed E-state index contributed by atoms with van der Waals surface area (Å²) in [5.74, 6) is 0.443. The number of hydrogen-bond donors (Lipinski definition) is 1. The number of alkyl halides is 3. The number of nitrogens with zero attached hydrogens (tertiary/aromatic N) is 2. The highest BCUT2D eigenvalue weighted by Crippen LogP contribution is 2.30. The second kappa shape index (κ2) is 9.11. The van der Waals surface area contributed by atoms with E-state index < -0.39 is 11.7 Å². The summed E-state index contributed by atoms with van der Waals surface area (Å²) in [5, 5.41) is 2.98. The Balaban J connectivity index is 1.46. The van der Waals surface area contributed by atoms with Gasteiger partial charge in [0, 0.05) is 30.6 Å². The molecule has 156 valence electrons. The van der Waals surface area contributed by atoms with E-state index in [1.165, 1.54) is 12.3 Å². The molecule has 9 heteroatoms. The molecular weight excluding hydrogens is 387 g/mol. The van der Waals surface area contributed by atoms with Crippen molar-refractivity contribution < 1.29 is 27.4 Å². The highest BCUT2D eigenvalue weighted by molar-refractivity contribution is 5.94. The second-order valence-corrected chi connectivity index (χ2v) is 6.77. The highest BCUT2D eigenvalue weighted by atomic mass is 19.4. The maximum atomic E-state index is 12.6. The quantitative estimate of drug-likeness (QED) is 0.780. The van der Waals surface area contributed by atoms with Crippen molar-refractivity contribution >= 4 is 5.91 Å². The van der Waals surface area contributed by atoms with Crippen LogP contribution in [0, 0.1) is 0 Å². The van der Waals surface area contributed by atoms with Crippen LogP contribution in [0.3, 0.4) is 0 Å². The van der Waals surface area contributed by atoms with E-state index in [1.54, 1.807) is 12.1 Å². The Morgan fingerprint density at radius 2 is 1.76 bits per heavy atom. The first-order valence-corrected chi connectivity index (χ1v) is 9.44. The standard InChI is InChI=1S/C20H22F3N3O3/c1-2-28-17-9-3-13(11-24-17)19(27)26-15-5-7-16(8-6-15)29-18-10-4-14(12-25-18)20(21,22)23/h3-4,9-12,15-16H,2,5-8H2,1H3,(H,26,27). The Bertz CT molecular complexity index is 802. The van der Waals surface area contributed by atoms with E-state index in [4.69, 9.17) is 9.47 Å². The Morgan fingerprint density at radius 3 is 2.31 bits per heavy atom. The fourth-order valence-electron chi connectivity index (χ4n) is 3.13. The van der Waals surface area contributed by atoms with Crippen molar-refractivity contribution in [2.45, 2.75) is 50.9 Å². The van der Waals surface area contributed by atoms with Gasteiger partial charge in [-0.05, 0) is 44.7 Å². The zero-order chi connectivity index (χ0) is 20.9. The lowest BCUT2D eigenvalue weighted by molar-refractivity contribution is -0.137. The topological polar surface area (TPSA) is 73.3 Å². The molecule has 1 saturated carbocycles. The van der Waals surface area contributed by atoms with E-state index in [0.717, 1.165) is 12.3 Å². The monoisotopic (exact) mass is 409 g/mol. The Morgan fingerprint density at radius 1 is 1.07 bits per heavy atom.